The number of rotatable bonds is 0. The number of nitrogen functional groups attached to an aromatic ring is 1. The maximum atomic E-state index is 6.08. The monoisotopic (exact) mass is 271 g/mol. The lowest BCUT2D eigenvalue weighted by molar-refractivity contribution is 1.20. The lowest BCUT2D eigenvalue weighted by atomic mass is 10.1. The molecule has 1 aromatic carbocycles. The van der Waals surface area contributed by atoms with E-state index in [1.165, 1.54) is 21.6 Å². The molecule has 88 valence electrons. The van der Waals surface area contributed by atoms with Gasteiger partial charge in [0.05, 0.1) is 5.39 Å². The zero-order chi connectivity index (χ0) is 12.3. The Morgan fingerprint density at radius 1 is 1.33 bits per heavy atom. The van der Waals surface area contributed by atoms with Gasteiger partial charge in [0.1, 0.15) is 10.6 Å². The molecular weight excluding hydrogens is 262 g/mol. The van der Waals surface area contributed by atoms with Crippen molar-refractivity contribution < 1.29 is 0 Å². The van der Waals surface area contributed by atoms with Crippen LogP contribution in [0.1, 0.15) is 10.4 Å². The maximum Gasteiger partial charge on any atom is 0.199 e. The van der Waals surface area contributed by atoms with E-state index in [2.05, 4.69) is 34.2 Å². The fourth-order valence-electron chi connectivity index (χ4n) is 2.59. The highest BCUT2D eigenvalue weighted by molar-refractivity contribution is 7.71. The number of anilines is 1. The van der Waals surface area contributed by atoms with Crippen LogP contribution >= 0.6 is 23.6 Å². The topological polar surface area (TPSA) is 54.7 Å². The number of aromatic nitrogens is 2. The molecule has 5 heteroatoms. The Kier molecular flexibility index (Phi) is 1.93. The summed E-state index contributed by atoms with van der Waals surface area (Å²) in [7, 11) is 0. The van der Waals surface area contributed by atoms with E-state index in [1.807, 2.05) is 0 Å². The molecule has 0 saturated heterocycles. The van der Waals surface area contributed by atoms with E-state index in [4.69, 9.17) is 18.0 Å². The van der Waals surface area contributed by atoms with Crippen LogP contribution in [0.4, 0.5) is 5.82 Å². The number of nitrogens with one attached hydrogen (secondary N) is 1. The molecule has 18 heavy (non-hydrogen) atoms. The van der Waals surface area contributed by atoms with Gasteiger partial charge in [-0.3, -0.25) is 0 Å². The number of fused-ring (bicyclic) bond motifs is 5. The lowest BCUT2D eigenvalue weighted by Gasteiger charge is -2.02. The van der Waals surface area contributed by atoms with Crippen LogP contribution in [0.15, 0.2) is 24.3 Å². The Bertz CT molecular complexity index is 845. The van der Waals surface area contributed by atoms with Gasteiger partial charge in [0.25, 0.3) is 0 Å². The highest BCUT2D eigenvalue weighted by atomic mass is 32.1. The quantitative estimate of drug-likeness (QED) is 0.481. The molecule has 0 aliphatic heterocycles. The predicted octanol–water partition coefficient (Wildman–Crippen LogP) is 3.51. The largest absolute Gasteiger partial charge is 0.385 e. The molecule has 0 spiro atoms. The molecule has 0 unspecified atom stereocenters. The van der Waals surface area contributed by atoms with E-state index in [1.54, 1.807) is 11.3 Å². The molecule has 4 rings (SSSR count). The van der Waals surface area contributed by atoms with Gasteiger partial charge in [-0.05, 0) is 23.3 Å². The minimum absolute atomic E-state index is 0.452. The third-order valence-electron chi connectivity index (χ3n) is 3.31. The van der Waals surface area contributed by atoms with Gasteiger partial charge in [-0.1, -0.05) is 24.3 Å². The van der Waals surface area contributed by atoms with E-state index in [-0.39, 0.29) is 0 Å². The van der Waals surface area contributed by atoms with Crippen molar-refractivity contribution in [3.63, 3.8) is 0 Å². The van der Waals surface area contributed by atoms with Crippen LogP contribution in [-0.4, -0.2) is 9.97 Å². The summed E-state index contributed by atoms with van der Waals surface area (Å²) < 4.78 is 0.452. The maximum absolute atomic E-state index is 6.08. The average Bonchev–Trinajstić information content (AvgIpc) is 2.83. The van der Waals surface area contributed by atoms with Gasteiger partial charge in [-0.25, -0.2) is 4.98 Å². The summed E-state index contributed by atoms with van der Waals surface area (Å²) >= 11 is 6.77. The Morgan fingerprint density at radius 3 is 3.06 bits per heavy atom. The van der Waals surface area contributed by atoms with Crippen molar-refractivity contribution in [3.05, 3.63) is 39.5 Å². The number of hydrogen-bond donors (Lipinski definition) is 2. The molecule has 2 heterocycles. The third-order valence-corrected chi connectivity index (χ3v) is 4.59. The SMILES string of the molecule is Nc1[nH]c(=S)nc2sc3c(c12)-c1ccccc1C3. The van der Waals surface area contributed by atoms with Gasteiger partial charge >= 0.3 is 0 Å². The van der Waals surface area contributed by atoms with E-state index in [9.17, 15) is 0 Å². The van der Waals surface area contributed by atoms with Crippen LogP contribution in [0.3, 0.4) is 0 Å². The van der Waals surface area contributed by atoms with E-state index in [0.717, 1.165) is 16.6 Å². The second-order valence-electron chi connectivity index (χ2n) is 4.37. The average molecular weight is 271 g/mol. The van der Waals surface area contributed by atoms with E-state index >= 15 is 0 Å². The second kappa shape index (κ2) is 3.40. The highest BCUT2D eigenvalue weighted by Gasteiger charge is 2.25. The normalized spacial score (nSPS) is 12.7. The first-order chi connectivity index (χ1) is 8.74. The first-order valence-corrected chi connectivity index (χ1v) is 6.86. The number of thiophene rings is 1. The van der Waals surface area contributed by atoms with Crippen LogP contribution in [-0.2, 0) is 6.42 Å². The van der Waals surface area contributed by atoms with E-state index < -0.39 is 0 Å². The molecule has 0 bridgehead atoms. The Balaban J connectivity index is 2.18. The van der Waals surface area contributed by atoms with Gasteiger partial charge in [0, 0.05) is 16.9 Å². The summed E-state index contributed by atoms with van der Waals surface area (Å²) in [5, 5.41) is 1.02. The number of H-pyrrole nitrogens is 1. The number of benzene rings is 1. The van der Waals surface area contributed by atoms with Crippen LogP contribution in [0.25, 0.3) is 21.3 Å². The van der Waals surface area contributed by atoms with Crippen molar-refractivity contribution in [1.82, 2.24) is 9.97 Å². The van der Waals surface area contributed by atoms with Crippen molar-refractivity contribution in [1.29, 1.82) is 0 Å². The van der Waals surface area contributed by atoms with Crippen LogP contribution in [0.5, 0.6) is 0 Å². The summed E-state index contributed by atoms with van der Waals surface area (Å²) in [4.78, 5) is 9.59. The van der Waals surface area contributed by atoms with Crippen LogP contribution < -0.4 is 5.73 Å². The number of nitrogens with two attached hydrogens (primary N) is 1. The van der Waals surface area contributed by atoms with Gasteiger partial charge in [-0.2, -0.15) is 0 Å². The summed E-state index contributed by atoms with van der Waals surface area (Å²) in [6, 6.07) is 8.45. The molecule has 0 radical (unpaired) electrons. The van der Waals surface area contributed by atoms with Crippen molar-refractivity contribution in [2.45, 2.75) is 6.42 Å². The molecule has 3 N–H and O–H groups in total. The molecule has 0 fully saturated rings. The Hall–Kier alpha value is -1.72. The highest BCUT2D eigenvalue weighted by Crippen LogP contribution is 2.46. The molecule has 3 nitrogen and oxygen atoms in total. The zero-order valence-electron chi connectivity index (χ0n) is 9.36. The van der Waals surface area contributed by atoms with Crippen molar-refractivity contribution in [3.8, 4) is 11.1 Å². The minimum Gasteiger partial charge on any atom is -0.385 e. The molecule has 0 atom stereocenters. The van der Waals surface area contributed by atoms with Gasteiger partial charge < -0.3 is 10.7 Å². The van der Waals surface area contributed by atoms with Crippen molar-refractivity contribution >= 4 is 39.6 Å². The Morgan fingerprint density at radius 2 is 2.17 bits per heavy atom. The predicted molar refractivity (Wildman–Crippen MR) is 77.5 cm³/mol. The number of nitrogens with zero attached hydrogens (tertiary/aromatic N) is 1. The fourth-order valence-corrected chi connectivity index (χ4v) is 4.08. The summed E-state index contributed by atoms with van der Waals surface area (Å²) in [6.45, 7) is 0. The standard InChI is InChI=1S/C13H9N3S2/c14-11-10-9-7-4-2-1-3-6(7)5-8(9)18-12(10)16-13(17)15-11/h1-4H,5H2,(H3,14,15,16,17). The van der Waals surface area contributed by atoms with Crippen LogP contribution in [0, 0.1) is 4.77 Å². The molecule has 1 aliphatic rings. The molecule has 3 aromatic rings. The van der Waals surface area contributed by atoms with E-state index in [0.29, 0.717) is 10.6 Å². The van der Waals surface area contributed by atoms with Crippen molar-refractivity contribution in [2.75, 3.05) is 5.73 Å². The number of hydrogen-bond acceptors (Lipinski definition) is 4. The summed E-state index contributed by atoms with van der Waals surface area (Å²) in [6.07, 6.45) is 0.971. The minimum atomic E-state index is 0.452. The summed E-state index contributed by atoms with van der Waals surface area (Å²) in [5.74, 6) is 0.624. The van der Waals surface area contributed by atoms with Crippen LogP contribution in [0.2, 0.25) is 0 Å². The van der Waals surface area contributed by atoms with Gasteiger partial charge in [0.2, 0.25) is 0 Å². The lowest BCUT2D eigenvalue weighted by Crippen LogP contribution is -1.93. The third kappa shape index (κ3) is 1.23. The molecule has 0 amide bonds. The molecule has 0 saturated carbocycles. The first-order valence-electron chi connectivity index (χ1n) is 5.63. The number of aromatic amines is 1. The summed E-state index contributed by atoms with van der Waals surface area (Å²) in [5.41, 5.74) is 9.95. The van der Waals surface area contributed by atoms with Gasteiger partial charge in [0.15, 0.2) is 4.77 Å². The molecule has 2 aromatic heterocycles. The van der Waals surface area contributed by atoms with Crippen molar-refractivity contribution in [2.24, 2.45) is 0 Å². The zero-order valence-corrected chi connectivity index (χ0v) is 11.0. The molecule has 1 aliphatic carbocycles. The molecular formula is C13H9N3S2. The van der Waals surface area contributed by atoms with Gasteiger partial charge in [-0.15, -0.1) is 11.3 Å². The first kappa shape index (κ1) is 10.2. The second-order valence-corrected chi connectivity index (χ2v) is 5.84. The fraction of sp³-hybridized carbons (Fsp3) is 0.0769. The smallest absolute Gasteiger partial charge is 0.199 e. The Labute approximate surface area is 112 Å².